The van der Waals surface area contributed by atoms with Crippen LogP contribution in [0.25, 0.3) is 0 Å². The Morgan fingerprint density at radius 2 is 2.16 bits per heavy atom. The topological polar surface area (TPSA) is 67.3 Å². The van der Waals surface area contributed by atoms with Crippen molar-refractivity contribution in [3.8, 4) is 0 Å². The average Bonchev–Trinajstić information content (AvgIpc) is 2.34. The first-order valence-corrected chi connectivity index (χ1v) is 6.91. The van der Waals surface area contributed by atoms with Gasteiger partial charge in [-0.3, -0.25) is 0 Å². The number of nitrogens with one attached hydrogen (secondary N) is 1. The number of anilines is 1. The summed E-state index contributed by atoms with van der Waals surface area (Å²) in [5, 5.41) is 12.9. The van der Waals surface area contributed by atoms with Gasteiger partial charge in [-0.2, -0.15) is 0 Å². The summed E-state index contributed by atoms with van der Waals surface area (Å²) in [5.41, 5.74) is 0. The Kier molecular flexibility index (Phi) is 7.05. The first-order valence-electron chi connectivity index (χ1n) is 6.53. The lowest BCUT2D eigenvalue weighted by atomic mass is 10.0. The highest BCUT2D eigenvalue weighted by Gasteiger charge is 2.11. The summed E-state index contributed by atoms with van der Waals surface area (Å²) in [7, 11) is 0. The standard InChI is InChI=1S/C13H22ClN3O2/c1-4-19-8-13-16-11(14)6-12(17-13)15-10(7-18)5-9(2)3/h6,9-10,18H,4-5,7-8H2,1-3H3,(H,15,16,17). The number of aromatic nitrogens is 2. The molecule has 2 N–H and O–H groups in total. The number of ether oxygens (including phenoxy) is 1. The molecule has 0 aliphatic rings. The summed E-state index contributed by atoms with van der Waals surface area (Å²) in [4.78, 5) is 8.42. The molecule has 0 amide bonds. The summed E-state index contributed by atoms with van der Waals surface area (Å²) in [6.45, 7) is 7.12. The van der Waals surface area contributed by atoms with Crippen LogP contribution in [0.5, 0.6) is 0 Å². The zero-order valence-electron chi connectivity index (χ0n) is 11.7. The predicted molar refractivity (Wildman–Crippen MR) is 76.3 cm³/mol. The minimum Gasteiger partial charge on any atom is -0.394 e. The van der Waals surface area contributed by atoms with E-state index in [2.05, 4.69) is 29.1 Å². The van der Waals surface area contributed by atoms with E-state index in [0.717, 1.165) is 6.42 Å². The third-order valence-electron chi connectivity index (χ3n) is 2.50. The Hall–Kier alpha value is -0.910. The molecule has 1 aromatic heterocycles. The number of nitrogens with zero attached hydrogens (tertiary/aromatic N) is 2. The van der Waals surface area contributed by atoms with Crippen molar-refractivity contribution in [1.29, 1.82) is 0 Å². The lowest BCUT2D eigenvalue weighted by Crippen LogP contribution is -2.26. The van der Waals surface area contributed by atoms with Crippen molar-refractivity contribution >= 4 is 17.4 Å². The fourth-order valence-corrected chi connectivity index (χ4v) is 1.95. The first kappa shape index (κ1) is 16.1. The molecule has 0 bridgehead atoms. The summed E-state index contributed by atoms with van der Waals surface area (Å²) >= 11 is 5.95. The molecule has 19 heavy (non-hydrogen) atoms. The molecule has 1 atom stereocenters. The fourth-order valence-electron chi connectivity index (χ4n) is 1.75. The van der Waals surface area contributed by atoms with Gasteiger partial charge in [-0.25, -0.2) is 9.97 Å². The van der Waals surface area contributed by atoms with Crippen LogP contribution < -0.4 is 5.32 Å². The molecule has 0 spiro atoms. The molecule has 1 unspecified atom stereocenters. The van der Waals surface area contributed by atoms with E-state index < -0.39 is 0 Å². The molecule has 5 nitrogen and oxygen atoms in total. The number of hydrogen-bond acceptors (Lipinski definition) is 5. The second-order valence-corrected chi connectivity index (χ2v) is 5.17. The quantitative estimate of drug-likeness (QED) is 0.719. The molecule has 0 aliphatic carbocycles. The number of halogens is 1. The normalized spacial score (nSPS) is 12.7. The van der Waals surface area contributed by atoms with Crippen LogP contribution >= 0.6 is 11.6 Å². The summed E-state index contributed by atoms with van der Waals surface area (Å²) < 4.78 is 5.26. The van der Waals surface area contributed by atoms with Crippen LogP contribution in [0.1, 0.15) is 33.0 Å². The zero-order valence-corrected chi connectivity index (χ0v) is 12.4. The van der Waals surface area contributed by atoms with E-state index in [0.29, 0.717) is 35.9 Å². The smallest absolute Gasteiger partial charge is 0.158 e. The molecule has 1 rings (SSSR count). The lowest BCUT2D eigenvalue weighted by Gasteiger charge is -2.19. The van der Waals surface area contributed by atoms with Crippen LogP contribution in [-0.2, 0) is 11.3 Å². The van der Waals surface area contributed by atoms with Gasteiger partial charge >= 0.3 is 0 Å². The summed E-state index contributed by atoms with van der Waals surface area (Å²) in [5.74, 6) is 1.65. The van der Waals surface area contributed by atoms with Gasteiger partial charge in [0.25, 0.3) is 0 Å². The Morgan fingerprint density at radius 1 is 1.42 bits per heavy atom. The van der Waals surface area contributed by atoms with E-state index in [1.54, 1.807) is 6.07 Å². The van der Waals surface area contributed by atoms with E-state index in [1.165, 1.54) is 0 Å². The Morgan fingerprint density at radius 3 is 2.74 bits per heavy atom. The summed E-state index contributed by atoms with van der Waals surface area (Å²) in [6.07, 6.45) is 0.860. The van der Waals surface area contributed by atoms with Crippen LogP contribution in [0.4, 0.5) is 5.82 Å². The van der Waals surface area contributed by atoms with E-state index in [9.17, 15) is 5.11 Å². The number of aliphatic hydroxyl groups excluding tert-OH is 1. The number of rotatable bonds is 8. The van der Waals surface area contributed by atoms with Crippen molar-refractivity contribution < 1.29 is 9.84 Å². The molecular formula is C13H22ClN3O2. The fraction of sp³-hybridized carbons (Fsp3) is 0.692. The van der Waals surface area contributed by atoms with Crippen LogP contribution in [0, 0.1) is 5.92 Å². The Labute approximate surface area is 119 Å². The van der Waals surface area contributed by atoms with Crippen molar-refractivity contribution in [1.82, 2.24) is 9.97 Å². The highest BCUT2D eigenvalue weighted by Crippen LogP contribution is 2.15. The monoisotopic (exact) mass is 287 g/mol. The second-order valence-electron chi connectivity index (χ2n) is 4.78. The van der Waals surface area contributed by atoms with Crippen LogP contribution in [0.2, 0.25) is 5.15 Å². The summed E-state index contributed by atoms with van der Waals surface area (Å²) in [6, 6.07) is 1.62. The van der Waals surface area contributed by atoms with Crippen molar-refractivity contribution in [2.75, 3.05) is 18.5 Å². The maximum atomic E-state index is 9.35. The van der Waals surface area contributed by atoms with Crippen molar-refractivity contribution in [2.24, 2.45) is 5.92 Å². The average molecular weight is 288 g/mol. The highest BCUT2D eigenvalue weighted by molar-refractivity contribution is 6.29. The van der Waals surface area contributed by atoms with Gasteiger partial charge in [0.15, 0.2) is 5.82 Å². The zero-order chi connectivity index (χ0) is 14.3. The van der Waals surface area contributed by atoms with Crippen LogP contribution in [0.15, 0.2) is 6.07 Å². The molecule has 1 heterocycles. The molecular weight excluding hydrogens is 266 g/mol. The molecule has 0 aliphatic heterocycles. The van der Waals surface area contributed by atoms with Crippen molar-refractivity contribution in [2.45, 2.75) is 39.8 Å². The maximum Gasteiger partial charge on any atom is 0.158 e. The molecule has 108 valence electrons. The van der Waals surface area contributed by atoms with Gasteiger partial charge in [-0.1, -0.05) is 25.4 Å². The molecule has 1 aromatic rings. The molecule has 0 saturated carbocycles. The van der Waals surface area contributed by atoms with Crippen molar-refractivity contribution in [3.05, 3.63) is 17.0 Å². The van der Waals surface area contributed by atoms with E-state index in [1.807, 2.05) is 6.92 Å². The second kappa shape index (κ2) is 8.30. The lowest BCUT2D eigenvalue weighted by molar-refractivity contribution is 0.128. The van der Waals surface area contributed by atoms with E-state index >= 15 is 0 Å². The van der Waals surface area contributed by atoms with Crippen LogP contribution in [-0.4, -0.2) is 34.3 Å². The largest absolute Gasteiger partial charge is 0.394 e. The van der Waals surface area contributed by atoms with Gasteiger partial charge < -0.3 is 15.2 Å². The highest BCUT2D eigenvalue weighted by atomic mass is 35.5. The molecule has 0 radical (unpaired) electrons. The minimum atomic E-state index is -0.0362. The minimum absolute atomic E-state index is 0.0362. The van der Waals surface area contributed by atoms with Crippen molar-refractivity contribution in [3.63, 3.8) is 0 Å². The molecule has 0 saturated heterocycles. The molecule has 0 aromatic carbocycles. The van der Waals surface area contributed by atoms with Gasteiger partial charge in [-0.15, -0.1) is 0 Å². The third-order valence-corrected chi connectivity index (χ3v) is 2.70. The number of hydrogen-bond donors (Lipinski definition) is 2. The van der Waals surface area contributed by atoms with Gasteiger partial charge in [0.05, 0.1) is 12.6 Å². The van der Waals surface area contributed by atoms with Gasteiger partial charge in [0, 0.05) is 12.7 Å². The first-order chi connectivity index (χ1) is 9.05. The van der Waals surface area contributed by atoms with Gasteiger partial charge in [0.2, 0.25) is 0 Å². The maximum absolute atomic E-state index is 9.35. The third kappa shape index (κ3) is 6.18. The van der Waals surface area contributed by atoms with Gasteiger partial charge in [0.1, 0.15) is 17.6 Å². The van der Waals surface area contributed by atoms with Crippen LogP contribution in [0.3, 0.4) is 0 Å². The number of aliphatic hydroxyl groups is 1. The molecule has 6 heteroatoms. The predicted octanol–water partition coefficient (Wildman–Crippen LogP) is 2.49. The van der Waals surface area contributed by atoms with E-state index in [4.69, 9.17) is 16.3 Å². The Balaban J connectivity index is 2.73. The SMILES string of the molecule is CCOCc1nc(Cl)cc(NC(CO)CC(C)C)n1. The van der Waals surface area contributed by atoms with Gasteiger partial charge in [-0.05, 0) is 19.3 Å². The Bertz CT molecular complexity index is 388. The van der Waals surface area contributed by atoms with E-state index in [-0.39, 0.29) is 12.6 Å². The molecule has 0 fully saturated rings.